The molecular formula is C13H16N2O5S. The summed E-state index contributed by atoms with van der Waals surface area (Å²) in [5.41, 5.74) is 0.383. The molecular weight excluding hydrogens is 296 g/mol. The van der Waals surface area contributed by atoms with Crippen LogP contribution in [-0.4, -0.2) is 51.0 Å². The largest absolute Gasteiger partial charge is 0.482 e. The molecule has 0 unspecified atom stereocenters. The van der Waals surface area contributed by atoms with Crippen LogP contribution >= 0.6 is 0 Å². The molecule has 0 aliphatic carbocycles. The number of hydrogen-bond donors (Lipinski definition) is 1. The van der Waals surface area contributed by atoms with E-state index >= 15 is 0 Å². The van der Waals surface area contributed by atoms with Gasteiger partial charge in [-0.25, -0.2) is 8.42 Å². The monoisotopic (exact) mass is 312 g/mol. The Kier molecular flexibility index (Phi) is 3.60. The molecule has 8 heteroatoms. The van der Waals surface area contributed by atoms with E-state index < -0.39 is 10.0 Å². The first kappa shape index (κ1) is 14.3. The Morgan fingerprint density at radius 1 is 1.38 bits per heavy atom. The van der Waals surface area contributed by atoms with E-state index in [9.17, 15) is 13.2 Å². The fraction of sp³-hybridized carbons (Fsp3) is 0.462. The van der Waals surface area contributed by atoms with E-state index in [1.165, 1.54) is 16.4 Å². The van der Waals surface area contributed by atoms with Crippen LogP contribution in [0, 0.1) is 0 Å². The summed E-state index contributed by atoms with van der Waals surface area (Å²) < 4.78 is 37.3. The molecule has 0 bridgehead atoms. The van der Waals surface area contributed by atoms with Gasteiger partial charge in [-0.2, -0.15) is 4.31 Å². The topological polar surface area (TPSA) is 84.9 Å². The summed E-state index contributed by atoms with van der Waals surface area (Å²) >= 11 is 0. The van der Waals surface area contributed by atoms with Crippen molar-refractivity contribution >= 4 is 21.6 Å². The Hall–Kier alpha value is -1.64. The molecule has 3 rings (SSSR count). The van der Waals surface area contributed by atoms with E-state index in [1.807, 2.05) is 0 Å². The number of carbonyl (C=O) groups excluding carboxylic acids is 1. The van der Waals surface area contributed by atoms with Gasteiger partial charge in [0.1, 0.15) is 5.75 Å². The maximum atomic E-state index is 12.7. The van der Waals surface area contributed by atoms with Crippen molar-refractivity contribution in [2.75, 3.05) is 31.7 Å². The van der Waals surface area contributed by atoms with Crippen LogP contribution in [0.25, 0.3) is 0 Å². The highest BCUT2D eigenvalue weighted by Crippen LogP contribution is 2.31. The van der Waals surface area contributed by atoms with Gasteiger partial charge in [0.15, 0.2) is 6.61 Å². The molecule has 0 radical (unpaired) electrons. The number of carbonyl (C=O) groups is 1. The Bertz CT molecular complexity index is 673. The van der Waals surface area contributed by atoms with Crippen LogP contribution in [0.3, 0.4) is 0 Å². The van der Waals surface area contributed by atoms with Crippen LogP contribution in [0.1, 0.15) is 6.92 Å². The van der Waals surface area contributed by atoms with Gasteiger partial charge in [0, 0.05) is 12.6 Å². The molecule has 1 aromatic carbocycles. The number of ether oxygens (including phenoxy) is 2. The minimum atomic E-state index is -3.62. The van der Waals surface area contributed by atoms with Crippen molar-refractivity contribution in [2.45, 2.75) is 17.9 Å². The van der Waals surface area contributed by atoms with Crippen molar-refractivity contribution in [1.29, 1.82) is 0 Å². The Balaban J connectivity index is 1.95. The Morgan fingerprint density at radius 3 is 2.95 bits per heavy atom. The molecule has 2 heterocycles. The second-order valence-electron chi connectivity index (χ2n) is 5.03. The molecule has 7 nitrogen and oxygen atoms in total. The second kappa shape index (κ2) is 5.28. The predicted molar refractivity (Wildman–Crippen MR) is 74.7 cm³/mol. The maximum Gasteiger partial charge on any atom is 0.262 e. The third-order valence-corrected chi connectivity index (χ3v) is 5.51. The SMILES string of the molecule is C[C@H]1COCCN1S(=O)(=O)c1ccc2c(c1)NC(=O)CO2. The minimum Gasteiger partial charge on any atom is -0.482 e. The molecule has 0 spiro atoms. The van der Waals surface area contributed by atoms with Crippen LogP contribution in [0.2, 0.25) is 0 Å². The fourth-order valence-corrected chi connectivity index (χ4v) is 4.05. The van der Waals surface area contributed by atoms with E-state index in [2.05, 4.69) is 5.32 Å². The molecule has 1 amide bonds. The van der Waals surface area contributed by atoms with Crippen LogP contribution in [0.15, 0.2) is 23.1 Å². The maximum absolute atomic E-state index is 12.7. The van der Waals surface area contributed by atoms with Gasteiger partial charge in [-0.1, -0.05) is 0 Å². The average molecular weight is 312 g/mol. The number of rotatable bonds is 2. The van der Waals surface area contributed by atoms with E-state index in [0.717, 1.165) is 0 Å². The normalized spacial score (nSPS) is 23.1. The smallest absolute Gasteiger partial charge is 0.262 e. The van der Waals surface area contributed by atoms with Gasteiger partial charge in [-0.15, -0.1) is 0 Å². The minimum absolute atomic E-state index is 0.0560. The zero-order valence-corrected chi connectivity index (χ0v) is 12.4. The first-order valence-electron chi connectivity index (χ1n) is 6.65. The second-order valence-corrected chi connectivity index (χ2v) is 6.93. The lowest BCUT2D eigenvalue weighted by molar-refractivity contribution is -0.118. The van der Waals surface area contributed by atoms with E-state index in [0.29, 0.717) is 31.2 Å². The van der Waals surface area contributed by atoms with Crippen LogP contribution < -0.4 is 10.1 Å². The van der Waals surface area contributed by atoms with Crippen molar-refractivity contribution in [1.82, 2.24) is 4.31 Å². The summed E-state index contributed by atoms with van der Waals surface area (Å²) in [6, 6.07) is 4.27. The quantitative estimate of drug-likeness (QED) is 0.856. The average Bonchev–Trinajstić information content (AvgIpc) is 2.46. The number of nitrogens with one attached hydrogen (secondary N) is 1. The van der Waals surface area contributed by atoms with Crippen molar-refractivity contribution in [3.8, 4) is 5.75 Å². The predicted octanol–water partition coefficient (Wildman–Crippen LogP) is 0.427. The third-order valence-electron chi connectivity index (χ3n) is 3.50. The zero-order chi connectivity index (χ0) is 15.0. The first-order valence-corrected chi connectivity index (χ1v) is 8.09. The van der Waals surface area contributed by atoms with Crippen LogP contribution in [0.4, 0.5) is 5.69 Å². The number of benzene rings is 1. The number of anilines is 1. The third kappa shape index (κ3) is 2.61. The van der Waals surface area contributed by atoms with Gasteiger partial charge in [0.05, 0.1) is 23.8 Å². The molecule has 1 N–H and O–H groups in total. The fourth-order valence-electron chi connectivity index (χ4n) is 2.43. The summed E-state index contributed by atoms with van der Waals surface area (Å²) in [6.45, 7) is 2.83. The molecule has 0 saturated carbocycles. The highest BCUT2D eigenvalue weighted by molar-refractivity contribution is 7.89. The highest BCUT2D eigenvalue weighted by Gasteiger charge is 2.32. The lowest BCUT2D eigenvalue weighted by Gasteiger charge is -2.32. The molecule has 0 aromatic heterocycles. The number of morpholine rings is 1. The highest BCUT2D eigenvalue weighted by atomic mass is 32.2. The molecule has 1 aromatic rings. The number of fused-ring (bicyclic) bond motifs is 1. The summed E-state index contributed by atoms with van der Waals surface area (Å²) in [7, 11) is -3.62. The van der Waals surface area contributed by atoms with E-state index in [-0.39, 0.29) is 23.5 Å². The standard InChI is InChI=1S/C13H16N2O5S/c1-9-7-19-5-4-15(9)21(17,18)10-2-3-12-11(6-10)14-13(16)8-20-12/h2-3,6,9H,4-5,7-8H2,1H3,(H,14,16)/t9-/m0/s1. The van der Waals surface area contributed by atoms with Gasteiger partial charge in [0.25, 0.3) is 5.91 Å². The molecule has 2 aliphatic heterocycles. The molecule has 2 aliphatic rings. The van der Waals surface area contributed by atoms with Crippen molar-refractivity contribution in [2.24, 2.45) is 0 Å². The summed E-state index contributed by atoms with van der Waals surface area (Å²) in [5, 5.41) is 2.61. The first-order chi connectivity index (χ1) is 9.98. The number of amides is 1. The van der Waals surface area contributed by atoms with Crippen LogP contribution in [0.5, 0.6) is 5.75 Å². The van der Waals surface area contributed by atoms with E-state index in [1.54, 1.807) is 13.0 Å². The van der Waals surface area contributed by atoms with Gasteiger partial charge >= 0.3 is 0 Å². The summed E-state index contributed by atoms with van der Waals surface area (Å²) in [6.07, 6.45) is 0. The number of sulfonamides is 1. The molecule has 1 atom stereocenters. The van der Waals surface area contributed by atoms with Gasteiger partial charge in [0.2, 0.25) is 10.0 Å². The van der Waals surface area contributed by atoms with Gasteiger partial charge < -0.3 is 14.8 Å². The van der Waals surface area contributed by atoms with Crippen molar-refractivity contribution in [3.63, 3.8) is 0 Å². The Labute approximate surface area is 122 Å². The summed E-state index contributed by atoms with van der Waals surface area (Å²) in [5.74, 6) is 0.181. The number of hydrogen-bond acceptors (Lipinski definition) is 5. The van der Waals surface area contributed by atoms with Gasteiger partial charge in [-0.05, 0) is 25.1 Å². The summed E-state index contributed by atoms with van der Waals surface area (Å²) in [4.78, 5) is 11.5. The van der Waals surface area contributed by atoms with Gasteiger partial charge in [-0.3, -0.25) is 4.79 Å². The Morgan fingerprint density at radius 2 is 2.19 bits per heavy atom. The van der Waals surface area contributed by atoms with Crippen molar-refractivity contribution in [3.05, 3.63) is 18.2 Å². The van der Waals surface area contributed by atoms with E-state index in [4.69, 9.17) is 9.47 Å². The molecule has 114 valence electrons. The molecule has 1 saturated heterocycles. The van der Waals surface area contributed by atoms with Crippen molar-refractivity contribution < 1.29 is 22.7 Å². The zero-order valence-electron chi connectivity index (χ0n) is 11.5. The lowest BCUT2D eigenvalue weighted by Crippen LogP contribution is -2.46. The lowest BCUT2D eigenvalue weighted by atomic mass is 10.2. The molecule has 21 heavy (non-hydrogen) atoms. The number of nitrogens with zero attached hydrogens (tertiary/aromatic N) is 1. The molecule has 1 fully saturated rings. The van der Waals surface area contributed by atoms with Crippen LogP contribution in [-0.2, 0) is 19.6 Å².